The molecule has 8 nitrogen and oxygen atoms in total. The fourth-order valence-corrected chi connectivity index (χ4v) is 2.84. The third-order valence-corrected chi connectivity index (χ3v) is 4.20. The first-order valence-electron chi connectivity index (χ1n) is 5.84. The van der Waals surface area contributed by atoms with E-state index in [0.717, 1.165) is 10.2 Å². The molecule has 21 heavy (non-hydrogen) atoms. The largest absolute Gasteiger partial charge is 0.338 e. The van der Waals surface area contributed by atoms with Crippen LogP contribution in [-0.2, 0) is 5.75 Å². The van der Waals surface area contributed by atoms with Crippen LogP contribution in [0.4, 0.5) is 0 Å². The maximum Gasteiger partial charge on any atom is 0.294 e. The highest BCUT2D eigenvalue weighted by molar-refractivity contribution is 7.98. The van der Waals surface area contributed by atoms with Gasteiger partial charge in [0.25, 0.3) is 5.56 Å². The van der Waals surface area contributed by atoms with Crippen LogP contribution in [0.25, 0.3) is 11.4 Å². The fourth-order valence-electron chi connectivity index (χ4n) is 1.52. The molecule has 0 saturated heterocycles. The van der Waals surface area contributed by atoms with E-state index in [2.05, 4.69) is 20.3 Å². The highest BCUT2D eigenvalue weighted by atomic mass is 32.2. The molecule has 3 aromatic heterocycles. The van der Waals surface area contributed by atoms with Crippen LogP contribution in [0.15, 0.2) is 31.3 Å². The molecule has 0 aliphatic heterocycles. The number of thiophene rings is 1. The van der Waals surface area contributed by atoms with E-state index in [9.17, 15) is 4.79 Å². The van der Waals surface area contributed by atoms with Gasteiger partial charge in [0, 0.05) is 10.9 Å². The lowest BCUT2D eigenvalue weighted by Crippen LogP contribution is -2.32. The number of aromatic nitrogens is 5. The zero-order valence-corrected chi connectivity index (χ0v) is 12.5. The minimum absolute atomic E-state index is 0.249. The van der Waals surface area contributed by atoms with Gasteiger partial charge in [-0.25, -0.2) is 0 Å². The first-order valence-corrected chi connectivity index (χ1v) is 7.77. The molecule has 3 heterocycles. The summed E-state index contributed by atoms with van der Waals surface area (Å²) in [7, 11) is 0. The number of nitrogens with zero attached hydrogens (tertiary/aromatic N) is 5. The summed E-state index contributed by atoms with van der Waals surface area (Å²) in [5, 5.41) is 15.7. The number of hydrogen-bond donors (Lipinski definition) is 1. The summed E-state index contributed by atoms with van der Waals surface area (Å²) >= 11 is 2.76. The van der Waals surface area contributed by atoms with Gasteiger partial charge in [0.05, 0.1) is 5.75 Å². The van der Waals surface area contributed by atoms with Crippen LogP contribution >= 0.6 is 23.1 Å². The zero-order chi connectivity index (χ0) is 14.8. The standard InChI is InChI=1S/C11H10N6O2S2/c1-6-10(18)17(12)11(15-14-6)21-5-8-13-9(16-19-8)7-2-3-20-4-7/h2-4H,5,12H2,1H3. The molecule has 0 aromatic carbocycles. The summed E-state index contributed by atoms with van der Waals surface area (Å²) in [5.74, 6) is 6.96. The van der Waals surface area contributed by atoms with Crippen molar-refractivity contribution >= 4 is 23.1 Å². The smallest absolute Gasteiger partial charge is 0.294 e. The first-order chi connectivity index (χ1) is 10.1. The molecule has 0 radical (unpaired) electrons. The maximum atomic E-state index is 11.6. The first kappa shape index (κ1) is 13.8. The Morgan fingerprint density at radius 2 is 2.33 bits per heavy atom. The van der Waals surface area contributed by atoms with Crippen LogP contribution in [-0.4, -0.2) is 25.0 Å². The fraction of sp³-hybridized carbons (Fsp3) is 0.182. The van der Waals surface area contributed by atoms with E-state index in [-0.39, 0.29) is 11.3 Å². The second-order valence-corrected chi connectivity index (χ2v) is 5.78. The Labute approximate surface area is 127 Å². The molecular formula is C11H10N6O2S2. The minimum atomic E-state index is -0.378. The molecule has 0 amide bonds. The van der Waals surface area contributed by atoms with Crippen LogP contribution in [0.5, 0.6) is 0 Å². The maximum absolute atomic E-state index is 11.6. The Kier molecular flexibility index (Phi) is 3.71. The van der Waals surface area contributed by atoms with E-state index < -0.39 is 0 Å². The van der Waals surface area contributed by atoms with E-state index in [1.807, 2.05) is 16.8 Å². The van der Waals surface area contributed by atoms with Crippen molar-refractivity contribution < 1.29 is 4.52 Å². The van der Waals surface area contributed by atoms with E-state index in [4.69, 9.17) is 10.4 Å². The minimum Gasteiger partial charge on any atom is -0.338 e. The molecular weight excluding hydrogens is 312 g/mol. The third-order valence-electron chi connectivity index (χ3n) is 2.59. The van der Waals surface area contributed by atoms with Crippen molar-refractivity contribution in [3.05, 3.63) is 38.8 Å². The van der Waals surface area contributed by atoms with Gasteiger partial charge in [-0.15, -0.1) is 10.2 Å². The topological polar surface area (TPSA) is 113 Å². The van der Waals surface area contributed by atoms with Crippen LogP contribution < -0.4 is 11.4 Å². The molecule has 0 aliphatic carbocycles. The lowest BCUT2D eigenvalue weighted by molar-refractivity contribution is 0.391. The Morgan fingerprint density at radius 3 is 3.10 bits per heavy atom. The number of thioether (sulfide) groups is 1. The van der Waals surface area contributed by atoms with Gasteiger partial charge >= 0.3 is 0 Å². The number of nitrogens with two attached hydrogens (primary N) is 1. The highest BCUT2D eigenvalue weighted by Gasteiger charge is 2.12. The summed E-state index contributed by atoms with van der Waals surface area (Å²) in [6.07, 6.45) is 0. The van der Waals surface area contributed by atoms with Crippen LogP contribution in [0.2, 0.25) is 0 Å². The van der Waals surface area contributed by atoms with Gasteiger partial charge in [-0.05, 0) is 18.4 Å². The quantitative estimate of drug-likeness (QED) is 0.560. The zero-order valence-electron chi connectivity index (χ0n) is 10.9. The normalized spacial score (nSPS) is 10.9. The molecule has 0 aliphatic rings. The van der Waals surface area contributed by atoms with Crippen molar-refractivity contribution in [2.24, 2.45) is 0 Å². The summed E-state index contributed by atoms with van der Waals surface area (Å²) < 4.78 is 6.11. The predicted molar refractivity (Wildman–Crippen MR) is 78.4 cm³/mol. The highest BCUT2D eigenvalue weighted by Crippen LogP contribution is 2.22. The van der Waals surface area contributed by atoms with Crippen molar-refractivity contribution in [2.75, 3.05) is 5.84 Å². The Bertz CT molecular complexity index is 810. The monoisotopic (exact) mass is 322 g/mol. The molecule has 0 spiro atoms. The van der Waals surface area contributed by atoms with Gasteiger partial charge in [0.2, 0.25) is 16.9 Å². The average Bonchev–Trinajstić information content (AvgIpc) is 3.14. The molecule has 10 heteroatoms. The number of hydrogen-bond acceptors (Lipinski definition) is 9. The van der Waals surface area contributed by atoms with Crippen molar-refractivity contribution in [1.29, 1.82) is 0 Å². The molecule has 0 fully saturated rings. The van der Waals surface area contributed by atoms with Crippen LogP contribution in [0, 0.1) is 6.92 Å². The molecule has 108 valence electrons. The van der Waals surface area contributed by atoms with E-state index >= 15 is 0 Å². The van der Waals surface area contributed by atoms with Gasteiger partial charge in [-0.1, -0.05) is 16.9 Å². The van der Waals surface area contributed by atoms with Gasteiger partial charge in [-0.2, -0.15) is 21.0 Å². The van der Waals surface area contributed by atoms with Gasteiger partial charge < -0.3 is 10.4 Å². The number of rotatable bonds is 4. The molecule has 0 unspecified atom stereocenters. The molecule has 0 saturated carbocycles. The van der Waals surface area contributed by atoms with Crippen LogP contribution in [0.3, 0.4) is 0 Å². The Hall–Kier alpha value is -2.20. The molecule has 2 N–H and O–H groups in total. The van der Waals surface area contributed by atoms with Crippen molar-refractivity contribution in [1.82, 2.24) is 25.0 Å². The molecule has 3 rings (SSSR count). The van der Waals surface area contributed by atoms with Crippen LogP contribution in [0.1, 0.15) is 11.6 Å². The molecule has 0 bridgehead atoms. The van der Waals surface area contributed by atoms with Crippen molar-refractivity contribution in [3.63, 3.8) is 0 Å². The molecule has 0 atom stereocenters. The number of aryl methyl sites for hydroxylation is 1. The van der Waals surface area contributed by atoms with Gasteiger partial charge in [0.1, 0.15) is 5.69 Å². The Balaban J connectivity index is 1.74. The molecule has 3 aromatic rings. The number of nitrogen functional groups attached to an aromatic ring is 1. The van der Waals surface area contributed by atoms with E-state index in [1.54, 1.807) is 18.3 Å². The predicted octanol–water partition coefficient (Wildman–Crippen LogP) is 1.06. The van der Waals surface area contributed by atoms with Gasteiger partial charge in [-0.3, -0.25) is 4.79 Å². The average molecular weight is 322 g/mol. The van der Waals surface area contributed by atoms with Crippen molar-refractivity contribution in [2.45, 2.75) is 17.8 Å². The second kappa shape index (κ2) is 5.66. The van der Waals surface area contributed by atoms with Crippen molar-refractivity contribution in [3.8, 4) is 11.4 Å². The third kappa shape index (κ3) is 2.81. The van der Waals surface area contributed by atoms with E-state index in [1.165, 1.54) is 11.8 Å². The summed E-state index contributed by atoms with van der Waals surface area (Å²) in [5.41, 5.74) is 0.780. The van der Waals surface area contributed by atoms with E-state index in [0.29, 0.717) is 22.6 Å². The second-order valence-electron chi connectivity index (χ2n) is 4.06. The summed E-state index contributed by atoms with van der Waals surface area (Å²) in [6, 6.07) is 1.91. The lowest BCUT2D eigenvalue weighted by Gasteiger charge is -2.03. The van der Waals surface area contributed by atoms with Gasteiger partial charge in [0.15, 0.2) is 0 Å². The SMILES string of the molecule is Cc1nnc(SCc2nc(-c3ccsc3)no2)n(N)c1=O. The summed E-state index contributed by atoms with van der Waals surface area (Å²) in [6.45, 7) is 1.55. The Morgan fingerprint density at radius 1 is 1.48 bits per heavy atom. The lowest BCUT2D eigenvalue weighted by atomic mass is 10.3. The summed E-state index contributed by atoms with van der Waals surface area (Å²) in [4.78, 5) is 15.9.